The van der Waals surface area contributed by atoms with Gasteiger partial charge in [0.1, 0.15) is 5.82 Å². The number of halogens is 1. The topological polar surface area (TPSA) is 92.8 Å². The molecule has 0 atom stereocenters. The number of carbonyl (C=O) groups excluding carboxylic acids is 4. The third-order valence-corrected chi connectivity index (χ3v) is 4.11. The van der Waals surface area contributed by atoms with E-state index in [4.69, 9.17) is 4.74 Å². The first-order valence-electron chi connectivity index (χ1n) is 8.64. The van der Waals surface area contributed by atoms with Gasteiger partial charge >= 0.3 is 5.97 Å². The van der Waals surface area contributed by atoms with E-state index in [9.17, 15) is 23.6 Å². The summed E-state index contributed by atoms with van der Waals surface area (Å²) in [5, 5.41) is 2.57. The normalized spacial score (nSPS) is 12.7. The summed E-state index contributed by atoms with van der Waals surface area (Å²) < 4.78 is 18.0. The van der Waals surface area contributed by atoms with Crippen molar-refractivity contribution >= 4 is 29.4 Å². The molecule has 28 heavy (non-hydrogen) atoms. The largest absolute Gasteiger partial charge is 0.452 e. The molecule has 0 spiro atoms. The zero-order valence-electron chi connectivity index (χ0n) is 15.0. The number of esters is 1. The monoisotopic (exact) mass is 384 g/mol. The second-order valence-corrected chi connectivity index (χ2v) is 6.11. The number of hydrogen-bond acceptors (Lipinski definition) is 5. The molecule has 0 bridgehead atoms. The number of amides is 3. The summed E-state index contributed by atoms with van der Waals surface area (Å²) in [6.45, 7) is 1.93. The van der Waals surface area contributed by atoms with Gasteiger partial charge in [0, 0.05) is 6.54 Å². The number of benzene rings is 2. The minimum absolute atomic E-state index is 0.0409. The Morgan fingerprint density at radius 3 is 2.39 bits per heavy atom. The molecule has 1 N–H and O–H groups in total. The molecule has 3 rings (SSSR count). The average molecular weight is 384 g/mol. The summed E-state index contributed by atoms with van der Waals surface area (Å²) in [6.07, 6.45) is 0.755. The number of fused-ring (bicyclic) bond motifs is 1. The van der Waals surface area contributed by atoms with Crippen LogP contribution >= 0.6 is 0 Å². The summed E-state index contributed by atoms with van der Waals surface area (Å²) in [7, 11) is 0. The average Bonchev–Trinajstić information content (AvgIpc) is 2.95. The van der Waals surface area contributed by atoms with Gasteiger partial charge in [-0.05, 0) is 48.9 Å². The Balaban J connectivity index is 1.77. The number of rotatable bonds is 6. The van der Waals surface area contributed by atoms with Crippen molar-refractivity contribution in [3.63, 3.8) is 0 Å². The van der Waals surface area contributed by atoms with E-state index in [1.165, 1.54) is 30.3 Å². The maximum atomic E-state index is 13.1. The van der Waals surface area contributed by atoms with Crippen molar-refractivity contribution < 1.29 is 28.3 Å². The highest BCUT2D eigenvalue weighted by atomic mass is 19.1. The van der Waals surface area contributed by atoms with E-state index in [0.29, 0.717) is 6.54 Å². The van der Waals surface area contributed by atoms with Crippen molar-refractivity contribution in [2.24, 2.45) is 0 Å². The molecule has 2 aromatic rings. The number of imide groups is 1. The Hall–Kier alpha value is -3.55. The summed E-state index contributed by atoms with van der Waals surface area (Å²) in [5.41, 5.74) is 0.444. The van der Waals surface area contributed by atoms with E-state index in [-0.39, 0.29) is 22.4 Å². The fourth-order valence-electron chi connectivity index (χ4n) is 2.72. The quantitative estimate of drug-likeness (QED) is 0.609. The second-order valence-electron chi connectivity index (χ2n) is 6.11. The van der Waals surface area contributed by atoms with Crippen molar-refractivity contribution in [1.82, 2.24) is 5.32 Å². The van der Waals surface area contributed by atoms with E-state index < -0.39 is 36.1 Å². The third kappa shape index (κ3) is 3.75. The Bertz CT molecular complexity index is 956. The van der Waals surface area contributed by atoms with Crippen molar-refractivity contribution in [3.8, 4) is 0 Å². The molecule has 1 heterocycles. The third-order valence-electron chi connectivity index (χ3n) is 4.11. The first-order valence-corrected chi connectivity index (χ1v) is 8.64. The summed E-state index contributed by atoms with van der Waals surface area (Å²) in [4.78, 5) is 49.8. The van der Waals surface area contributed by atoms with Gasteiger partial charge in [-0.2, -0.15) is 0 Å². The number of carbonyl (C=O) groups is 4. The number of ether oxygens (including phenoxy) is 1. The van der Waals surface area contributed by atoms with Crippen LogP contribution in [-0.4, -0.2) is 36.8 Å². The maximum Gasteiger partial charge on any atom is 0.338 e. The number of nitrogens with zero attached hydrogens (tertiary/aromatic N) is 1. The molecule has 1 aliphatic rings. The molecule has 0 aliphatic carbocycles. The van der Waals surface area contributed by atoms with E-state index in [2.05, 4.69) is 5.32 Å². The van der Waals surface area contributed by atoms with Gasteiger partial charge in [-0.25, -0.2) is 14.1 Å². The number of anilines is 1. The molecule has 7 nitrogen and oxygen atoms in total. The van der Waals surface area contributed by atoms with Crippen molar-refractivity contribution in [3.05, 3.63) is 65.0 Å². The summed E-state index contributed by atoms with van der Waals surface area (Å²) >= 11 is 0. The van der Waals surface area contributed by atoms with Gasteiger partial charge in [-0.15, -0.1) is 0 Å². The molecular formula is C20H17FN2O5. The molecule has 1 aliphatic heterocycles. The molecule has 0 saturated carbocycles. The number of hydrogen-bond donors (Lipinski definition) is 1. The van der Waals surface area contributed by atoms with Crippen LogP contribution in [0.4, 0.5) is 10.1 Å². The van der Waals surface area contributed by atoms with Crippen LogP contribution < -0.4 is 10.2 Å². The SMILES string of the molecule is CCCNC(=O)COC(=O)c1ccc2c(c1)C(=O)N(c1ccc(F)cc1)C2=O. The van der Waals surface area contributed by atoms with Crippen LogP contribution in [0.3, 0.4) is 0 Å². The summed E-state index contributed by atoms with van der Waals surface area (Å²) in [5.74, 6) is -2.89. The van der Waals surface area contributed by atoms with Gasteiger partial charge in [0.2, 0.25) is 0 Å². The van der Waals surface area contributed by atoms with Crippen LogP contribution in [-0.2, 0) is 9.53 Å². The molecule has 0 fully saturated rings. The molecule has 0 radical (unpaired) electrons. The van der Waals surface area contributed by atoms with Gasteiger partial charge in [-0.1, -0.05) is 6.92 Å². The lowest BCUT2D eigenvalue weighted by molar-refractivity contribution is -0.124. The van der Waals surface area contributed by atoms with E-state index in [0.717, 1.165) is 23.5 Å². The van der Waals surface area contributed by atoms with E-state index >= 15 is 0 Å². The van der Waals surface area contributed by atoms with Gasteiger partial charge in [0.15, 0.2) is 6.61 Å². The minimum atomic E-state index is -0.782. The fraction of sp³-hybridized carbons (Fsp3) is 0.200. The zero-order chi connectivity index (χ0) is 20.3. The zero-order valence-corrected chi connectivity index (χ0v) is 15.0. The number of nitrogens with one attached hydrogen (secondary N) is 1. The van der Waals surface area contributed by atoms with Crippen molar-refractivity contribution in [1.29, 1.82) is 0 Å². The highest BCUT2D eigenvalue weighted by Gasteiger charge is 2.37. The molecule has 144 valence electrons. The molecule has 3 amide bonds. The van der Waals surface area contributed by atoms with Crippen LogP contribution in [0, 0.1) is 5.82 Å². The molecule has 0 aromatic heterocycles. The molecule has 0 saturated heterocycles. The predicted octanol–water partition coefficient (Wildman–Crippen LogP) is 2.31. The highest BCUT2D eigenvalue weighted by Crippen LogP contribution is 2.29. The standard InChI is InChI=1S/C20H17FN2O5/c1-2-9-22-17(24)11-28-20(27)12-3-8-15-16(10-12)19(26)23(18(15)25)14-6-4-13(21)5-7-14/h3-8,10H,2,9,11H2,1H3,(H,22,24). The Morgan fingerprint density at radius 2 is 1.71 bits per heavy atom. The van der Waals surface area contributed by atoms with Crippen LogP contribution in [0.2, 0.25) is 0 Å². The minimum Gasteiger partial charge on any atom is -0.452 e. The van der Waals surface area contributed by atoms with Gasteiger partial charge in [0.25, 0.3) is 17.7 Å². The van der Waals surface area contributed by atoms with Crippen LogP contribution in [0.1, 0.15) is 44.4 Å². The van der Waals surface area contributed by atoms with Crippen LogP contribution in [0.15, 0.2) is 42.5 Å². The highest BCUT2D eigenvalue weighted by molar-refractivity contribution is 6.34. The predicted molar refractivity (Wildman–Crippen MR) is 97.6 cm³/mol. The van der Waals surface area contributed by atoms with Gasteiger partial charge in [0.05, 0.1) is 22.4 Å². The maximum absolute atomic E-state index is 13.1. The van der Waals surface area contributed by atoms with E-state index in [1.807, 2.05) is 6.92 Å². The Kier molecular flexibility index (Phi) is 5.49. The van der Waals surface area contributed by atoms with Crippen molar-refractivity contribution in [2.45, 2.75) is 13.3 Å². The lowest BCUT2D eigenvalue weighted by Gasteiger charge is -2.13. The lowest BCUT2D eigenvalue weighted by Crippen LogP contribution is -2.29. The van der Waals surface area contributed by atoms with Crippen molar-refractivity contribution in [2.75, 3.05) is 18.1 Å². The smallest absolute Gasteiger partial charge is 0.338 e. The van der Waals surface area contributed by atoms with Gasteiger partial charge < -0.3 is 10.1 Å². The van der Waals surface area contributed by atoms with Crippen LogP contribution in [0.25, 0.3) is 0 Å². The molecule has 0 unspecified atom stereocenters. The fourth-order valence-corrected chi connectivity index (χ4v) is 2.72. The first kappa shape index (κ1) is 19.2. The molecule has 2 aromatic carbocycles. The first-order chi connectivity index (χ1) is 13.4. The summed E-state index contributed by atoms with van der Waals surface area (Å²) in [6, 6.07) is 8.89. The Labute approximate surface area is 160 Å². The second kappa shape index (κ2) is 7.99. The lowest BCUT2D eigenvalue weighted by atomic mass is 10.1. The van der Waals surface area contributed by atoms with Crippen LogP contribution in [0.5, 0.6) is 0 Å². The molecular weight excluding hydrogens is 367 g/mol. The van der Waals surface area contributed by atoms with Gasteiger partial charge in [-0.3, -0.25) is 14.4 Å². The Morgan fingerprint density at radius 1 is 1.04 bits per heavy atom. The molecule has 8 heteroatoms. The van der Waals surface area contributed by atoms with E-state index in [1.54, 1.807) is 0 Å².